The molecule has 1 fully saturated rings. The van der Waals surface area contributed by atoms with Gasteiger partial charge in [0.2, 0.25) is 0 Å². The number of ether oxygens (including phenoxy) is 1. The molecule has 0 radical (unpaired) electrons. The number of alkyl halides is 18. The van der Waals surface area contributed by atoms with Gasteiger partial charge in [0, 0.05) is 0 Å². The van der Waals surface area contributed by atoms with Crippen molar-refractivity contribution in [2.24, 2.45) is 0 Å². The summed E-state index contributed by atoms with van der Waals surface area (Å²) in [6.07, 6.45) is -23.4. The van der Waals surface area contributed by atoms with Crippen LogP contribution in [0.4, 0.5) is 79.0 Å². The molecule has 168 valence electrons. The second-order valence-electron chi connectivity index (χ2n) is 5.17. The fraction of sp³-hybridized carbons (Fsp3) is 1.00. The smallest absolute Gasteiger partial charge is 0.287 e. The second-order valence-corrected chi connectivity index (χ2v) is 5.17. The molecule has 0 bridgehead atoms. The SMILES string of the molecule is FC(F)(F)C(F)(F)C(F)(F)C(F)(F)[C@]1(C(F)(F)F)OC(F)(F)C(F)(F)C1(F)F. The van der Waals surface area contributed by atoms with Gasteiger partial charge in [-0.15, -0.1) is 0 Å². The molecule has 1 aliphatic rings. The van der Waals surface area contributed by atoms with Crippen LogP contribution < -0.4 is 0 Å². The van der Waals surface area contributed by atoms with E-state index < -0.39 is 53.7 Å². The molecular weight excluding hydrogens is 466 g/mol. The van der Waals surface area contributed by atoms with E-state index in [9.17, 15) is 79.0 Å². The third-order valence-corrected chi connectivity index (χ3v) is 3.47. The molecule has 0 aliphatic carbocycles. The van der Waals surface area contributed by atoms with Crippen molar-refractivity contribution in [3.8, 4) is 0 Å². The first kappa shape index (κ1) is 24.7. The van der Waals surface area contributed by atoms with E-state index in [2.05, 4.69) is 0 Å². The van der Waals surface area contributed by atoms with Crippen LogP contribution in [-0.2, 0) is 4.74 Å². The summed E-state index contributed by atoms with van der Waals surface area (Å²) in [7, 11) is 0. The van der Waals surface area contributed by atoms with E-state index in [1.807, 2.05) is 0 Å². The molecule has 19 heteroatoms. The van der Waals surface area contributed by atoms with E-state index in [4.69, 9.17) is 0 Å². The fourth-order valence-corrected chi connectivity index (χ4v) is 2.00. The maximum absolute atomic E-state index is 13.5. The highest BCUT2D eigenvalue weighted by molar-refractivity contribution is 5.25. The van der Waals surface area contributed by atoms with Gasteiger partial charge in [-0.3, -0.25) is 4.74 Å². The van der Waals surface area contributed by atoms with Crippen LogP contribution >= 0.6 is 0 Å². The maximum atomic E-state index is 13.5. The summed E-state index contributed by atoms with van der Waals surface area (Å²) >= 11 is 0. The van der Waals surface area contributed by atoms with E-state index in [1.165, 1.54) is 4.74 Å². The van der Waals surface area contributed by atoms with Crippen LogP contribution in [0.2, 0.25) is 0 Å². The summed E-state index contributed by atoms with van der Waals surface area (Å²) in [6.45, 7) is 0. The number of hydrogen-bond donors (Lipinski definition) is 0. The molecule has 1 heterocycles. The zero-order valence-corrected chi connectivity index (χ0v) is 11.7. The first-order chi connectivity index (χ1) is 11.7. The largest absolute Gasteiger partial charge is 0.460 e. The van der Waals surface area contributed by atoms with Gasteiger partial charge in [0.1, 0.15) is 0 Å². The molecule has 0 N–H and O–H groups in total. The Kier molecular flexibility index (Phi) is 4.80. The zero-order chi connectivity index (χ0) is 23.2. The lowest BCUT2D eigenvalue weighted by Gasteiger charge is -2.44. The molecule has 1 rings (SSSR count). The second kappa shape index (κ2) is 5.44. The Morgan fingerprint density at radius 1 is 0.500 bits per heavy atom. The highest BCUT2D eigenvalue weighted by Gasteiger charge is 3.04. The molecule has 0 spiro atoms. The first-order valence-corrected chi connectivity index (χ1v) is 5.81. The normalized spacial score (nSPS) is 28.5. The molecule has 0 aromatic carbocycles. The summed E-state index contributed by atoms with van der Waals surface area (Å²) in [4.78, 5) is 0. The summed E-state index contributed by atoms with van der Waals surface area (Å²) < 4.78 is 232. The van der Waals surface area contributed by atoms with E-state index in [-0.39, 0.29) is 0 Å². The summed E-state index contributed by atoms with van der Waals surface area (Å²) in [5.41, 5.74) is -8.20. The van der Waals surface area contributed by atoms with Crippen LogP contribution in [0, 0.1) is 0 Å². The van der Waals surface area contributed by atoms with Crippen LogP contribution in [0.3, 0.4) is 0 Å². The van der Waals surface area contributed by atoms with E-state index in [1.54, 1.807) is 0 Å². The van der Waals surface area contributed by atoms with Gasteiger partial charge in [-0.1, -0.05) is 0 Å². The average molecular weight is 466 g/mol. The van der Waals surface area contributed by atoms with Crippen LogP contribution in [-0.4, -0.2) is 53.7 Å². The fourth-order valence-electron chi connectivity index (χ4n) is 2.00. The standard InChI is InChI=1S/C9F18O/c10-2(11,4(14,15)5(16,17)8(23,24)25)1(7(20,21)22)3(12,13)6(18,19)9(26,27)28-1/t1-/m0/s1. The Bertz CT molecular complexity index is 624. The average Bonchev–Trinajstić information content (AvgIpc) is 2.51. The third kappa shape index (κ3) is 2.36. The van der Waals surface area contributed by atoms with Crippen molar-refractivity contribution in [1.82, 2.24) is 0 Å². The van der Waals surface area contributed by atoms with Gasteiger partial charge in [-0.05, 0) is 0 Å². The third-order valence-electron chi connectivity index (χ3n) is 3.47. The highest BCUT2D eigenvalue weighted by Crippen LogP contribution is 2.72. The molecule has 1 aliphatic heterocycles. The van der Waals surface area contributed by atoms with Gasteiger partial charge in [0.15, 0.2) is 0 Å². The Balaban J connectivity index is 4.02. The van der Waals surface area contributed by atoms with Gasteiger partial charge < -0.3 is 0 Å². The molecule has 1 nitrogen and oxygen atoms in total. The predicted molar refractivity (Wildman–Crippen MR) is 45.6 cm³/mol. The lowest BCUT2D eigenvalue weighted by Crippen LogP contribution is -2.78. The molecule has 0 aromatic rings. The van der Waals surface area contributed by atoms with Gasteiger partial charge in [-0.25, -0.2) is 0 Å². The van der Waals surface area contributed by atoms with Crippen molar-refractivity contribution in [1.29, 1.82) is 0 Å². The van der Waals surface area contributed by atoms with E-state index in [0.717, 1.165) is 0 Å². The van der Waals surface area contributed by atoms with Crippen LogP contribution in [0.25, 0.3) is 0 Å². The van der Waals surface area contributed by atoms with E-state index in [0.29, 0.717) is 0 Å². The van der Waals surface area contributed by atoms with Crippen molar-refractivity contribution in [2.75, 3.05) is 0 Å². The van der Waals surface area contributed by atoms with Crippen molar-refractivity contribution in [3.63, 3.8) is 0 Å². The van der Waals surface area contributed by atoms with Crippen molar-refractivity contribution in [3.05, 3.63) is 0 Å². The topological polar surface area (TPSA) is 9.23 Å². The minimum atomic E-state index is -8.72. The minimum Gasteiger partial charge on any atom is -0.287 e. The van der Waals surface area contributed by atoms with Crippen LogP contribution in [0.5, 0.6) is 0 Å². The molecule has 28 heavy (non-hydrogen) atoms. The van der Waals surface area contributed by atoms with Crippen LogP contribution in [0.15, 0.2) is 0 Å². The Labute approximate surface area is 139 Å². The van der Waals surface area contributed by atoms with Crippen molar-refractivity contribution >= 4 is 0 Å². The van der Waals surface area contributed by atoms with Gasteiger partial charge in [0.05, 0.1) is 0 Å². The zero-order valence-electron chi connectivity index (χ0n) is 11.7. The number of hydrogen-bond acceptors (Lipinski definition) is 1. The Hall–Kier alpha value is -1.30. The maximum Gasteiger partial charge on any atom is 0.460 e. The first-order valence-electron chi connectivity index (χ1n) is 5.81. The van der Waals surface area contributed by atoms with E-state index >= 15 is 0 Å². The highest BCUT2D eigenvalue weighted by atomic mass is 19.4. The van der Waals surface area contributed by atoms with Gasteiger partial charge in [-0.2, -0.15) is 79.0 Å². The lowest BCUT2D eigenvalue weighted by molar-refractivity contribution is -0.474. The molecule has 1 saturated heterocycles. The van der Waals surface area contributed by atoms with Gasteiger partial charge >= 0.3 is 53.7 Å². The molecule has 0 saturated carbocycles. The number of halogens is 18. The summed E-state index contributed by atoms with van der Waals surface area (Å²) in [6, 6.07) is 0. The number of rotatable bonds is 3. The van der Waals surface area contributed by atoms with Crippen LogP contribution in [0.1, 0.15) is 0 Å². The Morgan fingerprint density at radius 3 is 1.07 bits per heavy atom. The monoisotopic (exact) mass is 466 g/mol. The molecule has 0 aromatic heterocycles. The molecular formula is C9F18O. The summed E-state index contributed by atoms with van der Waals surface area (Å²) in [5, 5.41) is 0. The predicted octanol–water partition coefficient (Wildman–Crippen LogP) is 5.65. The van der Waals surface area contributed by atoms with Crippen molar-refractivity contribution in [2.45, 2.75) is 53.7 Å². The molecule has 1 atom stereocenters. The Morgan fingerprint density at radius 2 is 0.857 bits per heavy atom. The lowest BCUT2D eigenvalue weighted by atomic mass is 9.80. The minimum absolute atomic E-state index is 1.50. The molecule has 0 amide bonds. The van der Waals surface area contributed by atoms with Crippen molar-refractivity contribution < 1.29 is 83.8 Å². The summed E-state index contributed by atoms with van der Waals surface area (Å²) in [5.74, 6) is -41.5. The molecule has 0 unspecified atom stereocenters. The quantitative estimate of drug-likeness (QED) is 0.489. The van der Waals surface area contributed by atoms with Gasteiger partial charge in [0.25, 0.3) is 0 Å².